The summed E-state index contributed by atoms with van der Waals surface area (Å²) in [6.45, 7) is 7.09. The van der Waals surface area contributed by atoms with Crippen molar-refractivity contribution in [3.8, 4) is 5.75 Å². The molecule has 0 spiro atoms. The number of ketones is 1. The topological polar surface area (TPSA) is 89.9 Å². The Labute approximate surface area is 229 Å². The molecule has 0 radical (unpaired) electrons. The predicted molar refractivity (Wildman–Crippen MR) is 141 cm³/mol. The molecule has 1 heterocycles. The quantitative estimate of drug-likeness (QED) is 0.383. The molecule has 5 rings (SSSR count). The van der Waals surface area contributed by atoms with Gasteiger partial charge in [-0.25, -0.2) is 13.6 Å². The summed E-state index contributed by atoms with van der Waals surface area (Å²) < 4.78 is 44.7. The van der Waals surface area contributed by atoms with Crippen molar-refractivity contribution in [1.82, 2.24) is 0 Å². The van der Waals surface area contributed by atoms with Gasteiger partial charge in [-0.05, 0) is 68.2 Å². The lowest BCUT2D eigenvalue weighted by atomic mass is 9.44. The average molecular weight is 567 g/mol. The highest BCUT2D eigenvalue weighted by Gasteiger charge is 2.78. The average Bonchev–Trinajstić information content (AvgIpc) is 3.39. The number of carbonyl (C=O) groups is 3. The van der Waals surface area contributed by atoms with Crippen molar-refractivity contribution in [2.24, 2.45) is 28.6 Å². The number of carbonyl (C=O) groups excluding carboxylic acids is 3. The van der Waals surface area contributed by atoms with Gasteiger partial charge in [-0.3, -0.25) is 9.59 Å². The Morgan fingerprint density at radius 2 is 1.97 bits per heavy atom. The molecule has 1 aromatic rings. The maximum atomic E-state index is 17.4. The fourth-order valence-corrected chi connectivity index (χ4v) is 9.38. The highest BCUT2D eigenvalue weighted by Crippen LogP contribution is 2.71. The number of halogens is 2. The van der Waals surface area contributed by atoms with Crippen LogP contribution >= 0.6 is 24.0 Å². The summed E-state index contributed by atoms with van der Waals surface area (Å²) in [5, 5.41) is 12.5. The number of thiol groups is 1. The summed E-state index contributed by atoms with van der Waals surface area (Å²) in [6.07, 6.45) is 0.314. The lowest BCUT2D eigenvalue weighted by Gasteiger charge is -2.63. The summed E-state index contributed by atoms with van der Waals surface area (Å²) in [6, 6.07) is 1.64. The number of allylic oxidation sites excluding steroid dienone is 4. The molecule has 0 aromatic carbocycles. The van der Waals surface area contributed by atoms with E-state index in [2.05, 4.69) is 12.6 Å². The van der Waals surface area contributed by atoms with Crippen molar-refractivity contribution in [2.45, 2.75) is 70.5 Å². The molecule has 9 atom stereocenters. The van der Waals surface area contributed by atoms with Gasteiger partial charge in [0.05, 0.1) is 12.7 Å². The van der Waals surface area contributed by atoms with E-state index in [1.165, 1.54) is 19.1 Å². The van der Waals surface area contributed by atoms with Crippen molar-refractivity contribution in [1.29, 1.82) is 0 Å². The van der Waals surface area contributed by atoms with Gasteiger partial charge in [-0.15, -0.1) is 24.0 Å². The minimum Gasteiger partial charge on any atom is -0.492 e. The van der Waals surface area contributed by atoms with E-state index < -0.39 is 69.0 Å². The predicted octanol–water partition coefficient (Wildman–Crippen LogP) is 5.06. The molecule has 206 valence electrons. The second-order valence-electron chi connectivity index (χ2n) is 11.5. The number of thiophene rings is 1. The smallest absolute Gasteiger partial charge is 0.353 e. The van der Waals surface area contributed by atoms with Crippen LogP contribution in [0.3, 0.4) is 0 Å². The molecule has 1 N–H and O–H groups in total. The second kappa shape index (κ2) is 8.99. The third-order valence-corrected chi connectivity index (χ3v) is 11.1. The first-order chi connectivity index (χ1) is 17.8. The maximum Gasteiger partial charge on any atom is 0.353 e. The zero-order chi connectivity index (χ0) is 27.8. The van der Waals surface area contributed by atoms with Crippen LogP contribution in [0, 0.1) is 28.6 Å². The van der Waals surface area contributed by atoms with E-state index in [-0.39, 0.29) is 29.7 Å². The zero-order valence-corrected chi connectivity index (χ0v) is 23.4. The fraction of sp³-hybridized carbons (Fsp3) is 0.607. The van der Waals surface area contributed by atoms with E-state index in [0.29, 0.717) is 12.4 Å². The number of alkyl halides is 2. The van der Waals surface area contributed by atoms with E-state index in [1.807, 2.05) is 0 Å². The molecular formula is C28H32F2O6S2. The van der Waals surface area contributed by atoms with Crippen molar-refractivity contribution in [2.75, 3.05) is 6.61 Å². The van der Waals surface area contributed by atoms with E-state index in [4.69, 9.17) is 9.47 Å². The lowest BCUT2D eigenvalue weighted by Crippen LogP contribution is -2.70. The number of fused-ring (bicyclic) bond motifs is 5. The number of hydrogen-bond donors (Lipinski definition) is 2. The Hall–Kier alpha value is -2.04. The van der Waals surface area contributed by atoms with Crippen LogP contribution in [-0.4, -0.2) is 52.1 Å². The van der Waals surface area contributed by atoms with Gasteiger partial charge in [-0.1, -0.05) is 19.9 Å². The van der Waals surface area contributed by atoms with Gasteiger partial charge in [0.1, 0.15) is 11.9 Å². The highest BCUT2D eigenvalue weighted by molar-refractivity contribution is 7.96. The molecule has 6 nitrogen and oxygen atoms in total. The third kappa shape index (κ3) is 3.35. The summed E-state index contributed by atoms with van der Waals surface area (Å²) in [4.78, 5) is 39.0. The summed E-state index contributed by atoms with van der Waals surface area (Å²) in [5.41, 5.74) is -6.81. The van der Waals surface area contributed by atoms with Gasteiger partial charge in [0.15, 0.2) is 21.9 Å². The summed E-state index contributed by atoms with van der Waals surface area (Å²) >= 11 is 5.30. The standard InChI is InChI=1S/C28H32F2O6S2/c1-5-35-20-7-9-38-22(20)23(33)36-28(24(34)37)14(2)10-16-17-12-19(29)18-11-15(31)6-8-25(18,3)27(17,30)21(32)13-26(16,28)4/h6-9,11,14,16-17,19,21,32H,5,10,12-13H2,1-4H3,(H,34,37)/t14?,16-,17-,19-,21-,25-,26-,27-,28-/m0/s1. The van der Waals surface area contributed by atoms with Crippen LogP contribution < -0.4 is 4.74 Å². The highest BCUT2D eigenvalue weighted by atomic mass is 32.1. The molecule has 4 aliphatic carbocycles. The molecule has 38 heavy (non-hydrogen) atoms. The van der Waals surface area contributed by atoms with Gasteiger partial charge >= 0.3 is 5.97 Å². The molecule has 0 amide bonds. The third-order valence-electron chi connectivity index (χ3n) is 9.85. The fourth-order valence-electron chi connectivity index (χ4n) is 8.15. The van der Waals surface area contributed by atoms with Crippen LogP contribution in [0.25, 0.3) is 0 Å². The number of aliphatic hydroxyl groups is 1. The van der Waals surface area contributed by atoms with Crippen LogP contribution in [0.2, 0.25) is 0 Å². The Morgan fingerprint density at radius 3 is 2.63 bits per heavy atom. The Balaban J connectivity index is 1.59. The first-order valence-electron chi connectivity index (χ1n) is 12.9. The number of esters is 1. The lowest BCUT2D eigenvalue weighted by molar-refractivity contribution is -0.221. The monoisotopic (exact) mass is 566 g/mol. The minimum atomic E-state index is -2.29. The van der Waals surface area contributed by atoms with Gasteiger partial charge in [0, 0.05) is 22.7 Å². The Bertz CT molecular complexity index is 1260. The normalized spacial score (nSPS) is 43.5. The van der Waals surface area contributed by atoms with Crippen LogP contribution in [0.1, 0.15) is 56.6 Å². The van der Waals surface area contributed by atoms with Crippen LogP contribution in [-0.2, 0) is 14.3 Å². The van der Waals surface area contributed by atoms with E-state index >= 15 is 8.78 Å². The largest absolute Gasteiger partial charge is 0.492 e. The van der Waals surface area contributed by atoms with Gasteiger partial charge in [0.2, 0.25) is 5.12 Å². The molecular weight excluding hydrogens is 534 g/mol. The zero-order valence-electron chi connectivity index (χ0n) is 21.7. The molecule has 3 fully saturated rings. The van der Waals surface area contributed by atoms with Gasteiger partial charge in [0.25, 0.3) is 0 Å². The summed E-state index contributed by atoms with van der Waals surface area (Å²) in [7, 11) is 0. The van der Waals surface area contributed by atoms with Crippen molar-refractivity contribution in [3.63, 3.8) is 0 Å². The minimum absolute atomic E-state index is 0.0292. The first kappa shape index (κ1) is 27.5. The molecule has 0 aliphatic heterocycles. The molecule has 4 aliphatic rings. The summed E-state index contributed by atoms with van der Waals surface area (Å²) in [5.74, 6) is -3.03. The number of ether oxygens (including phenoxy) is 2. The van der Waals surface area contributed by atoms with Gasteiger partial charge < -0.3 is 14.6 Å². The molecule has 10 heteroatoms. The van der Waals surface area contributed by atoms with Crippen molar-refractivity contribution < 1.29 is 37.7 Å². The Morgan fingerprint density at radius 1 is 1.26 bits per heavy atom. The molecule has 0 saturated heterocycles. The second-order valence-corrected chi connectivity index (χ2v) is 12.8. The first-order valence-corrected chi connectivity index (χ1v) is 14.2. The maximum absolute atomic E-state index is 17.4. The van der Waals surface area contributed by atoms with Crippen LogP contribution in [0.5, 0.6) is 5.75 Å². The Kier molecular flexibility index (Phi) is 6.51. The molecule has 3 saturated carbocycles. The molecule has 1 unspecified atom stereocenters. The SMILES string of the molecule is CCOc1ccsc1C(=O)O[C@]1(C(=O)S)C(C)C[C@H]2[C@@H]3C[C@H](F)C4=CC(=O)C=C[C@]4(C)[C@@]3(F)[C@@H](O)C[C@@]21C. The number of hydrogen-bond acceptors (Lipinski definition) is 7. The molecule has 0 bridgehead atoms. The van der Waals surface area contributed by atoms with E-state index in [9.17, 15) is 19.5 Å². The van der Waals surface area contributed by atoms with Crippen molar-refractivity contribution >= 4 is 40.8 Å². The number of rotatable bonds is 5. The van der Waals surface area contributed by atoms with Gasteiger partial charge in [-0.2, -0.15) is 0 Å². The van der Waals surface area contributed by atoms with E-state index in [1.54, 1.807) is 32.2 Å². The molecule has 1 aromatic heterocycles. The van der Waals surface area contributed by atoms with Crippen LogP contribution in [0.4, 0.5) is 8.78 Å². The van der Waals surface area contributed by atoms with Crippen LogP contribution in [0.15, 0.2) is 35.2 Å². The van der Waals surface area contributed by atoms with E-state index in [0.717, 1.165) is 17.4 Å². The van der Waals surface area contributed by atoms with Crippen molar-refractivity contribution in [3.05, 3.63) is 40.1 Å². The number of aliphatic hydroxyl groups excluding tert-OH is 1.